The summed E-state index contributed by atoms with van der Waals surface area (Å²) in [6.45, 7) is 1.77. The molecule has 3 rings (SSSR count). The molecule has 0 heterocycles. The first-order valence-electron chi connectivity index (χ1n) is 7.33. The number of benzene rings is 2. The highest BCUT2D eigenvalue weighted by atomic mass is 16.3. The van der Waals surface area contributed by atoms with E-state index in [1.54, 1.807) is 12.1 Å². The third kappa shape index (κ3) is 2.43. The SMILES string of the molecule is C[C@H]1CCc2cc(-c3cc(CO)c(O)c(CO)c3)ccc21. The summed E-state index contributed by atoms with van der Waals surface area (Å²) in [5.74, 6) is 0.605. The van der Waals surface area contributed by atoms with Crippen LogP contribution in [0.3, 0.4) is 0 Å². The first-order valence-corrected chi connectivity index (χ1v) is 7.33. The minimum Gasteiger partial charge on any atom is -0.507 e. The van der Waals surface area contributed by atoms with Crippen molar-refractivity contribution in [1.82, 2.24) is 0 Å². The van der Waals surface area contributed by atoms with Crippen molar-refractivity contribution in [2.75, 3.05) is 0 Å². The fraction of sp³-hybridized carbons (Fsp3) is 0.333. The van der Waals surface area contributed by atoms with E-state index in [0.29, 0.717) is 17.0 Å². The second kappa shape index (κ2) is 5.51. The van der Waals surface area contributed by atoms with E-state index in [-0.39, 0.29) is 19.0 Å². The zero-order chi connectivity index (χ0) is 15.0. The van der Waals surface area contributed by atoms with Gasteiger partial charge in [-0.15, -0.1) is 0 Å². The Balaban J connectivity index is 2.08. The minimum atomic E-state index is -0.241. The van der Waals surface area contributed by atoms with E-state index >= 15 is 0 Å². The fourth-order valence-corrected chi connectivity index (χ4v) is 3.18. The standard InChI is InChI=1S/C18H20O3/c1-11-2-3-13-6-12(4-5-17(11)13)14-7-15(9-19)18(21)16(8-14)10-20/h4-8,11,19-21H,2-3,9-10H2,1H3/t11-/m0/s1. The lowest BCUT2D eigenvalue weighted by Gasteiger charge is -2.12. The number of aromatic hydroxyl groups is 1. The molecule has 0 bridgehead atoms. The summed E-state index contributed by atoms with van der Waals surface area (Å²) in [6.07, 6.45) is 2.29. The molecule has 0 amide bonds. The largest absolute Gasteiger partial charge is 0.507 e. The highest BCUT2D eigenvalue weighted by Gasteiger charge is 2.19. The molecule has 0 spiro atoms. The number of aliphatic hydroxyl groups excluding tert-OH is 2. The zero-order valence-corrected chi connectivity index (χ0v) is 12.1. The zero-order valence-electron chi connectivity index (χ0n) is 12.1. The van der Waals surface area contributed by atoms with Crippen molar-refractivity contribution in [1.29, 1.82) is 0 Å². The molecule has 0 saturated carbocycles. The molecule has 21 heavy (non-hydrogen) atoms. The lowest BCUT2D eigenvalue weighted by Crippen LogP contribution is -1.94. The van der Waals surface area contributed by atoms with Crippen molar-refractivity contribution in [2.45, 2.75) is 38.9 Å². The van der Waals surface area contributed by atoms with E-state index in [1.807, 2.05) is 0 Å². The average molecular weight is 284 g/mol. The molecule has 1 atom stereocenters. The lowest BCUT2D eigenvalue weighted by atomic mass is 9.95. The maximum atomic E-state index is 9.93. The molecule has 3 heteroatoms. The van der Waals surface area contributed by atoms with E-state index in [1.165, 1.54) is 17.5 Å². The van der Waals surface area contributed by atoms with Gasteiger partial charge >= 0.3 is 0 Å². The Morgan fingerprint density at radius 2 is 1.67 bits per heavy atom. The third-order valence-electron chi connectivity index (χ3n) is 4.46. The number of hydrogen-bond acceptors (Lipinski definition) is 3. The van der Waals surface area contributed by atoms with Gasteiger partial charge in [0.1, 0.15) is 5.75 Å². The Morgan fingerprint density at radius 1 is 1.00 bits per heavy atom. The maximum absolute atomic E-state index is 9.93. The number of hydrogen-bond donors (Lipinski definition) is 3. The average Bonchev–Trinajstić information content (AvgIpc) is 2.88. The molecule has 0 fully saturated rings. The summed E-state index contributed by atoms with van der Waals surface area (Å²) in [4.78, 5) is 0. The third-order valence-corrected chi connectivity index (χ3v) is 4.46. The second-order valence-electron chi connectivity index (χ2n) is 5.81. The van der Waals surface area contributed by atoms with Gasteiger partial charge in [-0.05, 0) is 53.1 Å². The molecular formula is C18H20O3. The van der Waals surface area contributed by atoms with Gasteiger partial charge in [0.05, 0.1) is 13.2 Å². The van der Waals surface area contributed by atoms with Gasteiger partial charge in [0.15, 0.2) is 0 Å². The lowest BCUT2D eigenvalue weighted by molar-refractivity contribution is 0.264. The molecular weight excluding hydrogens is 264 g/mol. The Bertz CT molecular complexity index is 651. The van der Waals surface area contributed by atoms with Crippen LogP contribution in [0.5, 0.6) is 5.75 Å². The van der Waals surface area contributed by atoms with Gasteiger partial charge in [-0.2, -0.15) is 0 Å². The molecule has 3 N–H and O–H groups in total. The molecule has 0 radical (unpaired) electrons. The monoisotopic (exact) mass is 284 g/mol. The van der Waals surface area contributed by atoms with Gasteiger partial charge in [0.25, 0.3) is 0 Å². The normalized spacial score (nSPS) is 17.0. The Hall–Kier alpha value is -1.84. The van der Waals surface area contributed by atoms with Gasteiger partial charge in [0, 0.05) is 11.1 Å². The van der Waals surface area contributed by atoms with Crippen molar-refractivity contribution >= 4 is 0 Å². The van der Waals surface area contributed by atoms with Crippen molar-refractivity contribution in [2.24, 2.45) is 0 Å². The smallest absolute Gasteiger partial charge is 0.126 e. The van der Waals surface area contributed by atoms with E-state index < -0.39 is 0 Å². The van der Waals surface area contributed by atoms with E-state index in [9.17, 15) is 15.3 Å². The van der Waals surface area contributed by atoms with Gasteiger partial charge in [-0.3, -0.25) is 0 Å². The van der Waals surface area contributed by atoms with Crippen LogP contribution in [0.25, 0.3) is 11.1 Å². The summed E-state index contributed by atoms with van der Waals surface area (Å²) < 4.78 is 0. The number of fused-ring (bicyclic) bond motifs is 1. The van der Waals surface area contributed by atoms with Gasteiger partial charge in [-0.1, -0.05) is 25.1 Å². The summed E-state index contributed by atoms with van der Waals surface area (Å²) in [5.41, 5.74) is 5.68. The van der Waals surface area contributed by atoms with Gasteiger partial charge in [0.2, 0.25) is 0 Å². The van der Waals surface area contributed by atoms with Crippen LogP contribution in [0.4, 0.5) is 0 Å². The van der Waals surface area contributed by atoms with Crippen LogP contribution in [-0.2, 0) is 19.6 Å². The Labute approximate surface area is 124 Å². The molecule has 2 aromatic rings. The number of aliphatic hydroxyl groups is 2. The highest BCUT2D eigenvalue weighted by molar-refractivity contribution is 5.69. The van der Waals surface area contributed by atoms with Crippen molar-refractivity contribution in [3.05, 3.63) is 52.6 Å². The van der Waals surface area contributed by atoms with Crippen LogP contribution >= 0.6 is 0 Å². The van der Waals surface area contributed by atoms with Crippen LogP contribution in [-0.4, -0.2) is 15.3 Å². The van der Waals surface area contributed by atoms with E-state index in [4.69, 9.17) is 0 Å². The summed E-state index contributed by atoms with van der Waals surface area (Å²) in [5, 5.41) is 28.6. The summed E-state index contributed by atoms with van der Waals surface area (Å²) in [7, 11) is 0. The molecule has 110 valence electrons. The minimum absolute atomic E-state index is 0.0152. The molecule has 0 aromatic heterocycles. The Morgan fingerprint density at radius 3 is 2.29 bits per heavy atom. The molecule has 0 saturated heterocycles. The number of phenols is 1. The molecule has 3 nitrogen and oxygen atoms in total. The van der Waals surface area contributed by atoms with Crippen LogP contribution in [0.15, 0.2) is 30.3 Å². The molecule has 1 aliphatic carbocycles. The van der Waals surface area contributed by atoms with Crippen molar-refractivity contribution in [3.8, 4) is 16.9 Å². The van der Waals surface area contributed by atoms with Crippen LogP contribution in [0.2, 0.25) is 0 Å². The molecule has 0 aliphatic heterocycles. The fourth-order valence-electron chi connectivity index (χ4n) is 3.18. The predicted octanol–water partition coefficient (Wildman–Crippen LogP) is 3.09. The topological polar surface area (TPSA) is 60.7 Å². The van der Waals surface area contributed by atoms with E-state index in [2.05, 4.69) is 25.1 Å². The first-order chi connectivity index (χ1) is 10.1. The van der Waals surface area contributed by atoms with Crippen molar-refractivity contribution < 1.29 is 15.3 Å². The second-order valence-corrected chi connectivity index (χ2v) is 5.81. The molecule has 1 aliphatic rings. The summed E-state index contributed by atoms with van der Waals surface area (Å²) in [6, 6.07) is 10.0. The molecule has 2 aromatic carbocycles. The number of rotatable bonds is 3. The van der Waals surface area contributed by atoms with Crippen LogP contribution < -0.4 is 0 Å². The van der Waals surface area contributed by atoms with E-state index in [0.717, 1.165) is 17.5 Å². The number of aryl methyl sites for hydroxylation is 1. The Kier molecular flexibility index (Phi) is 3.70. The van der Waals surface area contributed by atoms with Crippen molar-refractivity contribution in [3.63, 3.8) is 0 Å². The highest BCUT2D eigenvalue weighted by Crippen LogP contribution is 2.36. The maximum Gasteiger partial charge on any atom is 0.126 e. The first kappa shape index (κ1) is 14.1. The van der Waals surface area contributed by atoms with Gasteiger partial charge < -0.3 is 15.3 Å². The van der Waals surface area contributed by atoms with Crippen LogP contribution in [0, 0.1) is 0 Å². The molecule has 0 unspecified atom stereocenters. The summed E-state index contributed by atoms with van der Waals surface area (Å²) >= 11 is 0. The van der Waals surface area contributed by atoms with Gasteiger partial charge in [-0.25, -0.2) is 0 Å². The quantitative estimate of drug-likeness (QED) is 0.811. The predicted molar refractivity (Wildman–Crippen MR) is 82.1 cm³/mol. The van der Waals surface area contributed by atoms with Crippen LogP contribution in [0.1, 0.15) is 41.5 Å².